The lowest BCUT2D eigenvalue weighted by molar-refractivity contribution is 0.00150. The fourth-order valence-corrected chi connectivity index (χ4v) is 1.80. The van der Waals surface area contributed by atoms with Gasteiger partial charge < -0.3 is 14.6 Å². The maximum atomic E-state index is 9.82. The van der Waals surface area contributed by atoms with Crippen LogP contribution in [0.15, 0.2) is 18.2 Å². The average molecular weight is 268 g/mol. The van der Waals surface area contributed by atoms with Crippen LogP contribution in [-0.4, -0.2) is 61.6 Å². The molecule has 1 rings (SSSR count). The molecule has 0 saturated carbocycles. The summed E-state index contributed by atoms with van der Waals surface area (Å²) in [7, 11) is 3.59. The highest BCUT2D eigenvalue weighted by molar-refractivity contribution is 5.09. The Morgan fingerprint density at radius 3 is 2.84 bits per heavy atom. The monoisotopic (exact) mass is 268 g/mol. The van der Waals surface area contributed by atoms with Crippen molar-refractivity contribution in [3.63, 3.8) is 0 Å². The lowest BCUT2D eigenvalue weighted by Crippen LogP contribution is -2.32. The van der Waals surface area contributed by atoms with Crippen molar-refractivity contribution in [3.05, 3.63) is 29.6 Å². The number of aromatic nitrogens is 1. The summed E-state index contributed by atoms with van der Waals surface area (Å²) < 4.78 is 10.2. The van der Waals surface area contributed by atoms with Gasteiger partial charge in [-0.15, -0.1) is 0 Å². The Labute approximate surface area is 115 Å². The van der Waals surface area contributed by atoms with Crippen molar-refractivity contribution in [1.29, 1.82) is 0 Å². The number of likely N-dealkylation sites (N-methyl/N-ethyl adjacent to an activating group) is 1. The fraction of sp³-hybridized carbons (Fsp3) is 0.643. The third-order valence-electron chi connectivity index (χ3n) is 2.64. The van der Waals surface area contributed by atoms with Gasteiger partial charge in [0.05, 0.1) is 31.6 Å². The molecule has 19 heavy (non-hydrogen) atoms. The molecular formula is C14H24N2O3. The maximum absolute atomic E-state index is 9.82. The summed E-state index contributed by atoms with van der Waals surface area (Å²) in [5.41, 5.74) is 2.02. The van der Waals surface area contributed by atoms with E-state index < -0.39 is 6.10 Å². The molecule has 0 fully saturated rings. The van der Waals surface area contributed by atoms with Gasteiger partial charge in [-0.2, -0.15) is 0 Å². The van der Waals surface area contributed by atoms with Gasteiger partial charge >= 0.3 is 0 Å². The lowest BCUT2D eigenvalue weighted by atomic mass is 10.3. The molecule has 0 bridgehead atoms. The molecular weight excluding hydrogens is 244 g/mol. The van der Waals surface area contributed by atoms with Crippen LogP contribution >= 0.6 is 0 Å². The second kappa shape index (κ2) is 8.98. The zero-order valence-electron chi connectivity index (χ0n) is 12.0. The van der Waals surface area contributed by atoms with Gasteiger partial charge in [-0.3, -0.25) is 9.88 Å². The summed E-state index contributed by atoms with van der Waals surface area (Å²) in [5, 5.41) is 9.82. The highest BCUT2D eigenvalue weighted by Crippen LogP contribution is 2.02. The highest BCUT2D eigenvalue weighted by Gasteiger charge is 2.09. The molecule has 0 radical (unpaired) electrons. The first-order chi connectivity index (χ1) is 9.11. The van der Waals surface area contributed by atoms with Crippen LogP contribution in [-0.2, 0) is 16.0 Å². The maximum Gasteiger partial charge on any atom is 0.0900 e. The number of rotatable bonds is 9. The summed E-state index contributed by atoms with van der Waals surface area (Å²) in [6.45, 7) is 4.64. The van der Waals surface area contributed by atoms with E-state index in [1.807, 2.05) is 37.1 Å². The van der Waals surface area contributed by atoms with Crippen LogP contribution in [0.25, 0.3) is 0 Å². The van der Waals surface area contributed by atoms with Gasteiger partial charge in [0.1, 0.15) is 0 Å². The Morgan fingerprint density at radius 1 is 1.37 bits per heavy atom. The molecule has 1 aromatic rings. The minimum atomic E-state index is -0.494. The predicted octanol–water partition coefficient (Wildman–Crippen LogP) is 0.846. The van der Waals surface area contributed by atoms with Gasteiger partial charge in [0.2, 0.25) is 0 Å². The van der Waals surface area contributed by atoms with E-state index in [9.17, 15) is 5.11 Å². The minimum absolute atomic E-state index is 0.328. The molecule has 1 atom stereocenters. The van der Waals surface area contributed by atoms with Crippen LogP contribution in [0.5, 0.6) is 0 Å². The van der Waals surface area contributed by atoms with E-state index >= 15 is 0 Å². The Balaban J connectivity index is 2.24. The molecule has 1 unspecified atom stereocenters. The zero-order chi connectivity index (χ0) is 14.1. The molecule has 5 nitrogen and oxygen atoms in total. The molecule has 1 heterocycles. The number of aliphatic hydroxyl groups is 1. The lowest BCUT2D eigenvalue weighted by Gasteiger charge is -2.20. The minimum Gasteiger partial charge on any atom is -0.389 e. The van der Waals surface area contributed by atoms with E-state index in [1.54, 1.807) is 7.11 Å². The topological polar surface area (TPSA) is 54.8 Å². The second-order valence-electron chi connectivity index (χ2n) is 4.69. The van der Waals surface area contributed by atoms with Crippen LogP contribution in [0.2, 0.25) is 0 Å². The number of nitrogens with zero attached hydrogens (tertiary/aromatic N) is 2. The number of aliphatic hydroxyl groups excluding tert-OH is 1. The predicted molar refractivity (Wildman–Crippen MR) is 74.0 cm³/mol. The smallest absolute Gasteiger partial charge is 0.0900 e. The number of hydrogen-bond donors (Lipinski definition) is 1. The first kappa shape index (κ1) is 16.0. The summed E-state index contributed by atoms with van der Waals surface area (Å²) in [6.07, 6.45) is -0.494. The molecule has 1 aromatic heterocycles. The molecule has 1 N–H and O–H groups in total. The van der Waals surface area contributed by atoms with Crippen LogP contribution in [0.4, 0.5) is 0 Å². The Bertz CT molecular complexity index is 360. The summed E-state index contributed by atoms with van der Waals surface area (Å²) in [5.74, 6) is 0. The van der Waals surface area contributed by atoms with Gasteiger partial charge in [0, 0.05) is 25.9 Å². The number of aryl methyl sites for hydroxylation is 1. The summed E-state index contributed by atoms with van der Waals surface area (Å²) in [4.78, 5) is 6.47. The van der Waals surface area contributed by atoms with Crippen LogP contribution in [0.3, 0.4) is 0 Å². The molecule has 0 amide bonds. The zero-order valence-corrected chi connectivity index (χ0v) is 12.0. The third kappa shape index (κ3) is 7.22. The van der Waals surface area contributed by atoms with E-state index in [0.717, 1.165) is 17.9 Å². The van der Waals surface area contributed by atoms with Crippen molar-refractivity contribution in [1.82, 2.24) is 9.88 Å². The number of ether oxygens (including phenoxy) is 2. The van der Waals surface area contributed by atoms with Gasteiger partial charge in [-0.25, -0.2) is 0 Å². The van der Waals surface area contributed by atoms with Crippen molar-refractivity contribution in [2.45, 2.75) is 19.6 Å². The van der Waals surface area contributed by atoms with E-state index in [-0.39, 0.29) is 0 Å². The molecule has 5 heteroatoms. The number of pyridine rings is 1. The second-order valence-corrected chi connectivity index (χ2v) is 4.69. The fourth-order valence-electron chi connectivity index (χ4n) is 1.80. The van der Waals surface area contributed by atoms with Gasteiger partial charge in [0.25, 0.3) is 0 Å². The van der Waals surface area contributed by atoms with Crippen molar-refractivity contribution in [2.75, 3.05) is 40.5 Å². The first-order valence-electron chi connectivity index (χ1n) is 6.47. The summed E-state index contributed by atoms with van der Waals surface area (Å²) >= 11 is 0. The van der Waals surface area contributed by atoms with Gasteiger partial charge in [-0.05, 0) is 26.1 Å². The van der Waals surface area contributed by atoms with E-state index in [4.69, 9.17) is 9.47 Å². The normalized spacial score (nSPS) is 12.9. The van der Waals surface area contributed by atoms with Crippen molar-refractivity contribution in [3.8, 4) is 0 Å². The Kier molecular flexibility index (Phi) is 7.59. The van der Waals surface area contributed by atoms with Crippen molar-refractivity contribution >= 4 is 0 Å². The third-order valence-corrected chi connectivity index (χ3v) is 2.64. The Morgan fingerprint density at radius 2 is 2.16 bits per heavy atom. The SMILES string of the molecule is COCCOCC(O)CN(C)Cc1cccc(C)n1. The molecule has 0 saturated heterocycles. The molecule has 0 aliphatic rings. The first-order valence-corrected chi connectivity index (χ1v) is 6.47. The molecule has 0 aromatic carbocycles. The highest BCUT2D eigenvalue weighted by atomic mass is 16.5. The van der Waals surface area contributed by atoms with Crippen LogP contribution in [0, 0.1) is 6.92 Å². The number of hydrogen-bond acceptors (Lipinski definition) is 5. The van der Waals surface area contributed by atoms with E-state index in [1.165, 1.54) is 0 Å². The van der Waals surface area contributed by atoms with Crippen molar-refractivity contribution < 1.29 is 14.6 Å². The van der Waals surface area contributed by atoms with Gasteiger partial charge in [0.15, 0.2) is 0 Å². The summed E-state index contributed by atoms with van der Waals surface area (Å²) in [6, 6.07) is 5.96. The van der Waals surface area contributed by atoms with Crippen molar-refractivity contribution in [2.24, 2.45) is 0 Å². The molecule has 0 spiro atoms. The van der Waals surface area contributed by atoms with Gasteiger partial charge in [-0.1, -0.05) is 6.07 Å². The molecule has 0 aliphatic heterocycles. The quantitative estimate of drug-likeness (QED) is 0.673. The van der Waals surface area contributed by atoms with Crippen LogP contribution < -0.4 is 0 Å². The van der Waals surface area contributed by atoms with E-state index in [2.05, 4.69) is 4.98 Å². The molecule has 108 valence electrons. The standard InChI is InChI=1S/C14H24N2O3/c1-12-5-4-6-13(15-12)9-16(2)10-14(17)11-19-8-7-18-3/h4-6,14,17H,7-11H2,1-3H3. The van der Waals surface area contributed by atoms with E-state index in [0.29, 0.717) is 26.4 Å². The number of methoxy groups -OCH3 is 1. The van der Waals surface area contributed by atoms with Crippen LogP contribution in [0.1, 0.15) is 11.4 Å². The average Bonchev–Trinajstić information content (AvgIpc) is 2.34. The Hall–Kier alpha value is -1.01. The molecule has 0 aliphatic carbocycles. The largest absolute Gasteiger partial charge is 0.389 e.